The molecule has 3 heteroatoms. The van der Waals surface area contributed by atoms with Gasteiger partial charge in [-0.3, -0.25) is 0 Å². The van der Waals surface area contributed by atoms with E-state index in [-0.39, 0.29) is 0 Å². The maximum atomic E-state index is 5.90. The van der Waals surface area contributed by atoms with E-state index < -0.39 is 0 Å². The molecule has 0 saturated carbocycles. The lowest BCUT2D eigenvalue weighted by molar-refractivity contribution is 0.185. The number of nitrogens with two attached hydrogens (primary N) is 1. The van der Waals surface area contributed by atoms with Crippen molar-refractivity contribution in [1.29, 1.82) is 0 Å². The van der Waals surface area contributed by atoms with Crippen molar-refractivity contribution in [2.75, 3.05) is 32.0 Å². The van der Waals surface area contributed by atoms with Crippen LogP contribution >= 0.6 is 0 Å². The molecule has 3 nitrogen and oxygen atoms in total. The largest absolute Gasteiger partial charge is 0.399 e. The van der Waals surface area contributed by atoms with Gasteiger partial charge in [-0.2, -0.15) is 0 Å². The van der Waals surface area contributed by atoms with Crippen LogP contribution in [0, 0.1) is 5.92 Å². The van der Waals surface area contributed by atoms with Gasteiger partial charge in [0.1, 0.15) is 0 Å². The quantitative estimate of drug-likeness (QED) is 0.583. The van der Waals surface area contributed by atoms with Gasteiger partial charge in [0.25, 0.3) is 0 Å². The van der Waals surface area contributed by atoms with Gasteiger partial charge < -0.3 is 15.8 Å². The van der Waals surface area contributed by atoms with Gasteiger partial charge in [0.15, 0.2) is 0 Å². The van der Waals surface area contributed by atoms with E-state index in [1.807, 2.05) is 12.1 Å². The summed E-state index contributed by atoms with van der Waals surface area (Å²) in [7, 11) is 0. The van der Waals surface area contributed by atoms with E-state index in [1.165, 1.54) is 12.0 Å². The molecule has 1 saturated heterocycles. The van der Waals surface area contributed by atoms with Gasteiger partial charge in [-0.25, -0.2) is 0 Å². The maximum absolute atomic E-state index is 5.90. The van der Waals surface area contributed by atoms with Crippen molar-refractivity contribution in [1.82, 2.24) is 5.32 Å². The minimum absolute atomic E-state index is 0.719. The molecule has 1 heterocycles. The Balaban J connectivity index is 1.58. The lowest BCUT2D eigenvalue weighted by Crippen LogP contribution is -2.24. The summed E-state index contributed by atoms with van der Waals surface area (Å²) in [6, 6.07) is 8.12. The van der Waals surface area contributed by atoms with Gasteiger partial charge in [-0.1, -0.05) is 18.2 Å². The highest BCUT2D eigenvalue weighted by atomic mass is 16.5. The van der Waals surface area contributed by atoms with E-state index >= 15 is 0 Å². The molecular formula is C14H22N2O. The van der Waals surface area contributed by atoms with Crippen molar-refractivity contribution in [2.45, 2.75) is 19.3 Å². The second kappa shape index (κ2) is 6.62. The first-order valence-electron chi connectivity index (χ1n) is 6.48. The number of aryl methyl sites for hydroxylation is 1. The van der Waals surface area contributed by atoms with E-state index in [9.17, 15) is 0 Å². The Kier molecular flexibility index (Phi) is 4.83. The topological polar surface area (TPSA) is 47.3 Å². The van der Waals surface area contributed by atoms with Gasteiger partial charge in [-0.05, 0) is 43.4 Å². The lowest BCUT2D eigenvalue weighted by atomic mass is 10.1. The highest BCUT2D eigenvalue weighted by Crippen LogP contribution is 2.13. The van der Waals surface area contributed by atoms with Crippen LogP contribution in [-0.4, -0.2) is 26.3 Å². The van der Waals surface area contributed by atoms with E-state index in [4.69, 9.17) is 10.5 Å². The summed E-state index contributed by atoms with van der Waals surface area (Å²) in [6.07, 6.45) is 3.40. The van der Waals surface area contributed by atoms with Gasteiger partial charge in [0.05, 0.1) is 6.61 Å². The molecule has 0 spiro atoms. The predicted molar refractivity (Wildman–Crippen MR) is 71.0 cm³/mol. The summed E-state index contributed by atoms with van der Waals surface area (Å²) in [5, 5.41) is 3.50. The smallest absolute Gasteiger partial charge is 0.0507 e. The lowest BCUT2D eigenvalue weighted by Gasteiger charge is -2.09. The molecule has 3 N–H and O–H groups in total. The SMILES string of the molecule is Nc1ccccc1CCCNCC1CCOC1. The van der Waals surface area contributed by atoms with Crippen molar-refractivity contribution >= 4 is 5.69 Å². The number of ether oxygens (including phenoxy) is 1. The zero-order valence-electron chi connectivity index (χ0n) is 10.3. The van der Waals surface area contributed by atoms with E-state index in [2.05, 4.69) is 17.4 Å². The molecular weight excluding hydrogens is 212 g/mol. The highest BCUT2D eigenvalue weighted by molar-refractivity contribution is 5.46. The first-order chi connectivity index (χ1) is 8.36. The fourth-order valence-corrected chi connectivity index (χ4v) is 2.22. The third kappa shape index (κ3) is 4.02. The van der Waals surface area contributed by atoms with Crippen LogP contribution in [0.5, 0.6) is 0 Å². The summed E-state index contributed by atoms with van der Waals surface area (Å²) in [5.74, 6) is 0.719. The fraction of sp³-hybridized carbons (Fsp3) is 0.571. The molecule has 1 aliphatic rings. The molecule has 1 atom stereocenters. The highest BCUT2D eigenvalue weighted by Gasteiger charge is 2.14. The van der Waals surface area contributed by atoms with Gasteiger partial charge in [0, 0.05) is 18.8 Å². The Bertz CT molecular complexity index is 335. The number of nitrogen functional groups attached to an aromatic ring is 1. The molecule has 94 valence electrons. The molecule has 1 aromatic rings. The molecule has 17 heavy (non-hydrogen) atoms. The van der Waals surface area contributed by atoms with Crippen molar-refractivity contribution < 1.29 is 4.74 Å². The Labute approximate surface area is 103 Å². The van der Waals surface area contributed by atoms with Crippen LogP contribution in [0.25, 0.3) is 0 Å². The summed E-state index contributed by atoms with van der Waals surface area (Å²) >= 11 is 0. The summed E-state index contributed by atoms with van der Waals surface area (Å²) in [4.78, 5) is 0. The molecule has 1 unspecified atom stereocenters. The Morgan fingerprint density at radius 3 is 3.00 bits per heavy atom. The zero-order valence-corrected chi connectivity index (χ0v) is 10.3. The number of rotatable bonds is 6. The number of para-hydroxylation sites is 1. The second-order valence-corrected chi connectivity index (χ2v) is 4.74. The van der Waals surface area contributed by atoms with E-state index in [1.54, 1.807) is 0 Å². The van der Waals surface area contributed by atoms with Crippen LogP contribution < -0.4 is 11.1 Å². The van der Waals surface area contributed by atoms with Crippen molar-refractivity contribution in [3.05, 3.63) is 29.8 Å². The Morgan fingerprint density at radius 1 is 1.35 bits per heavy atom. The molecule has 0 bridgehead atoms. The molecule has 0 amide bonds. The molecule has 0 radical (unpaired) electrons. The number of hydrogen-bond donors (Lipinski definition) is 2. The second-order valence-electron chi connectivity index (χ2n) is 4.74. The maximum Gasteiger partial charge on any atom is 0.0507 e. The van der Waals surface area contributed by atoms with E-state index in [0.29, 0.717) is 0 Å². The molecule has 1 aliphatic heterocycles. The van der Waals surface area contributed by atoms with Gasteiger partial charge in [0.2, 0.25) is 0 Å². The molecule has 0 aromatic heterocycles. The number of hydrogen-bond acceptors (Lipinski definition) is 3. The molecule has 0 aliphatic carbocycles. The van der Waals surface area contributed by atoms with E-state index in [0.717, 1.165) is 50.8 Å². The third-order valence-corrected chi connectivity index (χ3v) is 3.31. The normalized spacial score (nSPS) is 19.6. The number of nitrogens with one attached hydrogen (secondary N) is 1. The average molecular weight is 234 g/mol. The van der Waals surface area contributed by atoms with Crippen LogP contribution in [0.3, 0.4) is 0 Å². The predicted octanol–water partition coefficient (Wildman–Crippen LogP) is 1.83. The first kappa shape index (κ1) is 12.4. The van der Waals surface area contributed by atoms with Crippen LogP contribution in [0.1, 0.15) is 18.4 Å². The van der Waals surface area contributed by atoms with Crippen LogP contribution in [0.2, 0.25) is 0 Å². The van der Waals surface area contributed by atoms with Gasteiger partial charge in [-0.15, -0.1) is 0 Å². The summed E-state index contributed by atoms with van der Waals surface area (Å²) < 4.78 is 5.34. The monoisotopic (exact) mass is 234 g/mol. The van der Waals surface area contributed by atoms with Crippen molar-refractivity contribution in [3.8, 4) is 0 Å². The van der Waals surface area contributed by atoms with Crippen molar-refractivity contribution in [2.24, 2.45) is 5.92 Å². The number of anilines is 1. The number of benzene rings is 1. The molecule has 1 aromatic carbocycles. The standard InChI is InChI=1S/C14H22N2O/c15-14-6-2-1-4-13(14)5-3-8-16-10-12-7-9-17-11-12/h1-2,4,6,12,16H,3,5,7-11,15H2. The van der Waals surface area contributed by atoms with Crippen LogP contribution in [-0.2, 0) is 11.2 Å². The minimum Gasteiger partial charge on any atom is -0.399 e. The summed E-state index contributed by atoms with van der Waals surface area (Å²) in [6.45, 7) is 4.01. The fourth-order valence-electron chi connectivity index (χ4n) is 2.22. The van der Waals surface area contributed by atoms with Crippen molar-refractivity contribution in [3.63, 3.8) is 0 Å². The zero-order chi connectivity index (χ0) is 11.9. The Morgan fingerprint density at radius 2 is 2.24 bits per heavy atom. The first-order valence-corrected chi connectivity index (χ1v) is 6.48. The summed E-state index contributed by atoms with van der Waals surface area (Å²) in [5.41, 5.74) is 8.07. The minimum atomic E-state index is 0.719. The molecule has 1 fully saturated rings. The molecule has 2 rings (SSSR count). The van der Waals surface area contributed by atoms with Crippen LogP contribution in [0.4, 0.5) is 5.69 Å². The van der Waals surface area contributed by atoms with Crippen LogP contribution in [0.15, 0.2) is 24.3 Å². The third-order valence-electron chi connectivity index (χ3n) is 3.31. The Hall–Kier alpha value is -1.06. The van der Waals surface area contributed by atoms with Gasteiger partial charge >= 0.3 is 0 Å². The average Bonchev–Trinajstić information content (AvgIpc) is 2.84.